The topological polar surface area (TPSA) is 73.7 Å². The van der Waals surface area contributed by atoms with Crippen molar-refractivity contribution < 1.29 is 4.74 Å². The number of hydrogen-bond acceptors (Lipinski definition) is 6. The molecule has 0 spiro atoms. The summed E-state index contributed by atoms with van der Waals surface area (Å²) in [5.74, 6) is 0.390. The van der Waals surface area contributed by atoms with E-state index in [0.717, 1.165) is 0 Å². The van der Waals surface area contributed by atoms with E-state index in [-0.39, 0.29) is 17.4 Å². The van der Waals surface area contributed by atoms with E-state index in [1.54, 1.807) is 12.4 Å². The van der Waals surface area contributed by atoms with Gasteiger partial charge in [0.1, 0.15) is 6.33 Å². The summed E-state index contributed by atoms with van der Waals surface area (Å²) in [4.78, 5) is 19.8. The number of rotatable bonds is 3. The van der Waals surface area contributed by atoms with Gasteiger partial charge in [0.05, 0.1) is 11.7 Å². The first-order valence-corrected chi connectivity index (χ1v) is 5.36. The highest BCUT2D eigenvalue weighted by molar-refractivity contribution is 6.28. The highest BCUT2D eigenvalue weighted by atomic mass is 35.5. The maximum absolute atomic E-state index is 5.80. The SMILES string of the molecule is CC(C)Oc1nc(Cl)nc(-c2cncnc2)n1. The lowest BCUT2D eigenvalue weighted by atomic mass is 10.3. The Kier molecular flexibility index (Phi) is 3.43. The molecule has 2 rings (SSSR count). The molecule has 0 atom stereocenters. The lowest BCUT2D eigenvalue weighted by molar-refractivity contribution is 0.222. The van der Waals surface area contributed by atoms with Crippen molar-refractivity contribution in [2.24, 2.45) is 0 Å². The monoisotopic (exact) mass is 251 g/mol. The minimum absolute atomic E-state index is 0.0339. The summed E-state index contributed by atoms with van der Waals surface area (Å²) in [5.41, 5.74) is 0.658. The Bertz CT molecular complexity index is 505. The standard InChI is InChI=1S/C10H10ClN5O/c1-6(2)17-10-15-8(14-9(11)16-10)7-3-12-5-13-4-7/h3-6H,1-2H3. The summed E-state index contributed by atoms with van der Waals surface area (Å²) in [6.07, 6.45) is 4.58. The number of aromatic nitrogens is 5. The smallest absolute Gasteiger partial charge is 0.321 e. The molecule has 0 fully saturated rings. The molecule has 2 heterocycles. The number of halogens is 1. The summed E-state index contributed by atoms with van der Waals surface area (Å²) in [5, 5.41) is 0.0782. The van der Waals surface area contributed by atoms with E-state index in [9.17, 15) is 0 Å². The van der Waals surface area contributed by atoms with Crippen LogP contribution in [0.15, 0.2) is 18.7 Å². The molecule has 0 saturated heterocycles. The molecule has 0 aliphatic rings. The minimum atomic E-state index is -0.0339. The maximum atomic E-state index is 5.80. The van der Waals surface area contributed by atoms with Crippen LogP contribution in [0.2, 0.25) is 5.28 Å². The Morgan fingerprint density at radius 1 is 1.12 bits per heavy atom. The van der Waals surface area contributed by atoms with Crippen LogP contribution in [-0.4, -0.2) is 31.0 Å². The normalized spacial score (nSPS) is 10.6. The highest BCUT2D eigenvalue weighted by Crippen LogP contribution is 2.17. The molecule has 0 saturated carbocycles. The summed E-state index contributed by atoms with van der Waals surface area (Å²) >= 11 is 5.80. The van der Waals surface area contributed by atoms with E-state index >= 15 is 0 Å². The zero-order valence-corrected chi connectivity index (χ0v) is 10.1. The third-order valence-corrected chi connectivity index (χ3v) is 1.92. The molecule has 0 bridgehead atoms. The molecule has 17 heavy (non-hydrogen) atoms. The van der Waals surface area contributed by atoms with Crippen molar-refractivity contribution >= 4 is 11.6 Å². The number of hydrogen-bond donors (Lipinski definition) is 0. The number of nitrogens with zero attached hydrogens (tertiary/aromatic N) is 5. The third kappa shape index (κ3) is 3.07. The van der Waals surface area contributed by atoms with Crippen molar-refractivity contribution in [1.82, 2.24) is 24.9 Å². The van der Waals surface area contributed by atoms with Crippen molar-refractivity contribution in [2.75, 3.05) is 0 Å². The molecular formula is C10H10ClN5O. The second-order valence-corrected chi connectivity index (χ2v) is 3.84. The van der Waals surface area contributed by atoms with E-state index in [1.165, 1.54) is 6.33 Å². The average Bonchev–Trinajstić information content (AvgIpc) is 2.28. The molecule has 88 valence electrons. The Morgan fingerprint density at radius 2 is 1.82 bits per heavy atom. The van der Waals surface area contributed by atoms with Crippen molar-refractivity contribution in [3.63, 3.8) is 0 Å². The van der Waals surface area contributed by atoms with Gasteiger partial charge < -0.3 is 4.74 Å². The van der Waals surface area contributed by atoms with Crippen molar-refractivity contribution in [3.05, 3.63) is 24.0 Å². The third-order valence-electron chi connectivity index (χ3n) is 1.75. The molecule has 0 aliphatic heterocycles. The second-order valence-electron chi connectivity index (χ2n) is 3.50. The zero-order chi connectivity index (χ0) is 12.3. The molecular weight excluding hydrogens is 242 g/mol. The summed E-state index contributed by atoms with van der Waals surface area (Å²) < 4.78 is 5.37. The van der Waals surface area contributed by atoms with Gasteiger partial charge in [-0.2, -0.15) is 15.0 Å². The van der Waals surface area contributed by atoms with Gasteiger partial charge in [-0.1, -0.05) is 0 Å². The Labute approximate surface area is 103 Å². The number of ether oxygens (including phenoxy) is 1. The van der Waals surface area contributed by atoms with Gasteiger partial charge in [-0.05, 0) is 25.4 Å². The fraction of sp³-hybridized carbons (Fsp3) is 0.300. The first kappa shape index (κ1) is 11.7. The summed E-state index contributed by atoms with van der Waals surface area (Å²) in [6.45, 7) is 3.76. The van der Waals surface area contributed by atoms with Crippen LogP contribution in [0.3, 0.4) is 0 Å². The fourth-order valence-electron chi connectivity index (χ4n) is 1.14. The Morgan fingerprint density at radius 3 is 2.47 bits per heavy atom. The van der Waals surface area contributed by atoms with Crippen molar-refractivity contribution in [3.8, 4) is 17.4 Å². The summed E-state index contributed by atoms with van der Waals surface area (Å²) in [6, 6.07) is 0.193. The van der Waals surface area contributed by atoms with Gasteiger partial charge in [-0.25, -0.2) is 9.97 Å². The minimum Gasteiger partial charge on any atom is -0.461 e. The Hall–Kier alpha value is -1.82. The molecule has 2 aromatic heterocycles. The van der Waals surface area contributed by atoms with Crippen LogP contribution in [0.4, 0.5) is 0 Å². The molecule has 0 aromatic carbocycles. The molecule has 0 aliphatic carbocycles. The van der Waals surface area contributed by atoms with Gasteiger partial charge in [0.2, 0.25) is 5.28 Å². The molecule has 0 N–H and O–H groups in total. The summed E-state index contributed by atoms with van der Waals surface area (Å²) in [7, 11) is 0. The first-order valence-electron chi connectivity index (χ1n) is 4.99. The van der Waals surface area contributed by atoms with Gasteiger partial charge in [0, 0.05) is 12.4 Å². The highest BCUT2D eigenvalue weighted by Gasteiger charge is 2.09. The molecule has 0 radical (unpaired) electrons. The molecule has 0 amide bonds. The maximum Gasteiger partial charge on any atom is 0.321 e. The molecule has 7 heteroatoms. The predicted octanol–water partition coefficient (Wildman–Crippen LogP) is 1.77. The largest absolute Gasteiger partial charge is 0.461 e. The zero-order valence-electron chi connectivity index (χ0n) is 9.33. The van der Waals surface area contributed by atoms with Crippen LogP contribution in [0, 0.1) is 0 Å². The van der Waals surface area contributed by atoms with Crippen molar-refractivity contribution in [1.29, 1.82) is 0 Å². The van der Waals surface area contributed by atoms with Gasteiger partial charge in [0.15, 0.2) is 5.82 Å². The van der Waals surface area contributed by atoms with E-state index in [1.807, 2.05) is 13.8 Å². The lowest BCUT2D eigenvalue weighted by Gasteiger charge is -2.08. The van der Waals surface area contributed by atoms with Crippen LogP contribution in [0.5, 0.6) is 6.01 Å². The van der Waals surface area contributed by atoms with Crippen LogP contribution in [-0.2, 0) is 0 Å². The van der Waals surface area contributed by atoms with Gasteiger partial charge in [-0.15, -0.1) is 0 Å². The Balaban J connectivity index is 2.38. The fourth-order valence-corrected chi connectivity index (χ4v) is 1.29. The quantitative estimate of drug-likeness (QED) is 0.828. The van der Waals surface area contributed by atoms with E-state index in [0.29, 0.717) is 11.4 Å². The van der Waals surface area contributed by atoms with Crippen LogP contribution in [0.1, 0.15) is 13.8 Å². The molecule has 6 nitrogen and oxygen atoms in total. The van der Waals surface area contributed by atoms with Crippen molar-refractivity contribution in [2.45, 2.75) is 20.0 Å². The van der Waals surface area contributed by atoms with Crippen LogP contribution < -0.4 is 4.74 Å². The van der Waals surface area contributed by atoms with Gasteiger partial charge in [0.25, 0.3) is 0 Å². The predicted molar refractivity (Wildman–Crippen MR) is 61.6 cm³/mol. The first-order chi connectivity index (χ1) is 8.15. The second kappa shape index (κ2) is 5.01. The van der Waals surface area contributed by atoms with Crippen LogP contribution in [0.25, 0.3) is 11.4 Å². The van der Waals surface area contributed by atoms with Crippen LogP contribution >= 0.6 is 11.6 Å². The van der Waals surface area contributed by atoms with E-state index in [2.05, 4.69) is 24.9 Å². The molecule has 2 aromatic rings. The lowest BCUT2D eigenvalue weighted by Crippen LogP contribution is -2.09. The van der Waals surface area contributed by atoms with Gasteiger partial charge in [-0.3, -0.25) is 0 Å². The average molecular weight is 252 g/mol. The van der Waals surface area contributed by atoms with E-state index in [4.69, 9.17) is 16.3 Å². The van der Waals surface area contributed by atoms with Gasteiger partial charge >= 0.3 is 6.01 Å². The van der Waals surface area contributed by atoms with E-state index < -0.39 is 0 Å². The molecule has 0 unspecified atom stereocenters.